The van der Waals surface area contributed by atoms with Crippen molar-refractivity contribution in [3.8, 4) is 0 Å². The second kappa shape index (κ2) is 9.02. The first-order chi connectivity index (χ1) is 14.7. The van der Waals surface area contributed by atoms with Crippen molar-refractivity contribution in [2.24, 2.45) is 5.73 Å². The molecule has 0 saturated carbocycles. The van der Waals surface area contributed by atoms with Gasteiger partial charge in [-0.1, -0.05) is 12.1 Å². The van der Waals surface area contributed by atoms with E-state index in [1.165, 1.54) is 24.3 Å². The van der Waals surface area contributed by atoms with Crippen LogP contribution in [0, 0.1) is 11.6 Å². The number of nitrogens with two attached hydrogens (primary N) is 1. The average molecular weight is 445 g/mol. The largest absolute Gasteiger partial charge is 0.478 e. The fraction of sp³-hybridized carbons (Fsp3) is 0.0476. The van der Waals surface area contributed by atoms with Gasteiger partial charge in [0.15, 0.2) is 0 Å². The Bertz CT molecular complexity index is 1320. The van der Waals surface area contributed by atoms with Gasteiger partial charge in [-0.15, -0.1) is 0 Å². The summed E-state index contributed by atoms with van der Waals surface area (Å²) in [6.45, 7) is 0.287. The predicted molar refractivity (Wildman–Crippen MR) is 108 cm³/mol. The van der Waals surface area contributed by atoms with Crippen molar-refractivity contribution >= 4 is 21.5 Å². The van der Waals surface area contributed by atoms with Crippen LogP contribution in [0.5, 0.6) is 0 Å². The molecule has 0 saturated heterocycles. The Morgan fingerprint density at radius 3 is 2.19 bits per heavy atom. The molecule has 10 heteroatoms. The molecule has 3 N–H and O–H groups in total. The third kappa shape index (κ3) is 5.11. The number of hydrogen-bond acceptors (Lipinski definition) is 5. The molecule has 31 heavy (non-hydrogen) atoms. The SMILES string of the molecule is NCc1ccc(S(=O)(=O)c2cc(F)cc(F)c2)cc1.O=C(O)c1ccn2ccnc2c1. The molecule has 0 aliphatic rings. The number of benzene rings is 2. The molecule has 2 aromatic carbocycles. The zero-order valence-corrected chi connectivity index (χ0v) is 16.8. The second-order valence-electron chi connectivity index (χ2n) is 6.37. The van der Waals surface area contributed by atoms with Crippen LogP contribution in [0.3, 0.4) is 0 Å². The van der Waals surface area contributed by atoms with E-state index in [1.54, 1.807) is 35.1 Å². The molecule has 2 aromatic heterocycles. The third-order valence-corrected chi connectivity index (χ3v) is 6.01. The molecule has 0 unspecified atom stereocenters. The number of nitrogens with zero attached hydrogens (tertiary/aromatic N) is 2. The van der Waals surface area contributed by atoms with Gasteiger partial charge < -0.3 is 15.2 Å². The van der Waals surface area contributed by atoms with Crippen molar-refractivity contribution < 1.29 is 27.1 Å². The first-order valence-electron chi connectivity index (χ1n) is 8.87. The average Bonchev–Trinajstić information content (AvgIpc) is 3.21. The minimum absolute atomic E-state index is 0.0327. The number of fused-ring (bicyclic) bond motifs is 1. The molecule has 0 fully saturated rings. The summed E-state index contributed by atoms with van der Waals surface area (Å²) < 4.78 is 52.2. The molecule has 0 amide bonds. The number of sulfone groups is 1. The van der Waals surface area contributed by atoms with Crippen LogP contribution in [-0.4, -0.2) is 28.9 Å². The van der Waals surface area contributed by atoms with E-state index in [0.717, 1.165) is 17.7 Å². The third-order valence-electron chi connectivity index (χ3n) is 4.26. The second-order valence-corrected chi connectivity index (χ2v) is 8.32. The van der Waals surface area contributed by atoms with Crippen LogP contribution in [0.4, 0.5) is 8.78 Å². The highest BCUT2D eigenvalue weighted by atomic mass is 32.2. The van der Waals surface area contributed by atoms with Crippen LogP contribution >= 0.6 is 0 Å². The molecule has 0 aliphatic carbocycles. The Balaban J connectivity index is 0.000000194. The zero-order chi connectivity index (χ0) is 22.6. The molecule has 0 atom stereocenters. The lowest BCUT2D eigenvalue weighted by molar-refractivity contribution is 0.0697. The van der Waals surface area contributed by atoms with Gasteiger partial charge in [-0.3, -0.25) is 0 Å². The Labute approximate surface area is 176 Å². The molecule has 0 bridgehead atoms. The number of aromatic nitrogens is 2. The van der Waals surface area contributed by atoms with E-state index in [1.807, 2.05) is 0 Å². The molecule has 0 radical (unpaired) electrons. The molecule has 7 nitrogen and oxygen atoms in total. The molecular weight excluding hydrogens is 428 g/mol. The fourth-order valence-corrected chi connectivity index (χ4v) is 3.97. The topological polar surface area (TPSA) is 115 Å². The Kier molecular flexibility index (Phi) is 6.42. The van der Waals surface area contributed by atoms with E-state index >= 15 is 0 Å². The summed E-state index contributed by atoms with van der Waals surface area (Å²) in [5.41, 5.74) is 7.09. The van der Waals surface area contributed by atoms with E-state index in [4.69, 9.17) is 10.8 Å². The Hall–Kier alpha value is -3.63. The highest BCUT2D eigenvalue weighted by Gasteiger charge is 2.19. The van der Waals surface area contributed by atoms with Gasteiger partial charge >= 0.3 is 5.97 Å². The van der Waals surface area contributed by atoms with Crippen LogP contribution in [-0.2, 0) is 16.4 Å². The zero-order valence-electron chi connectivity index (χ0n) is 15.9. The van der Waals surface area contributed by atoms with Crippen molar-refractivity contribution in [2.75, 3.05) is 0 Å². The maximum atomic E-state index is 13.1. The molecule has 2 heterocycles. The monoisotopic (exact) mass is 445 g/mol. The van der Waals surface area contributed by atoms with Gasteiger partial charge in [0, 0.05) is 31.2 Å². The van der Waals surface area contributed by atoms with Crippen LogP contribution in [0.25, 0.3) is 5.65 Å². The van der Waals surface area contributed by atoms with Crippen LogP contribution in [0.1, 0.15) is 15.9 Å². The summed E-state index contributed by atoms with van der Waals surface area (Å²) in [5.74, 6) is -2.80. The van der Waals surface area contributed by atoms with Crippen LogP contribution in [0.2, 0.25) is 0 Å². The Morgan fingerprint density at radius 2 is 1.61 bits per heavy atom. The summed E-state index contributed by atoms with van der Waals surface area (Å²) in [5, 5.41) is 8.64. The van der Waals surface area contributed by atoms with E-state index in [-0.39, 0.29) is 17.0 Å². The number of carbonyl (C=O) groups is 1. The number of hydrogen-bond donors (Lipinski definition) is 2. The molecule has 4 rings (SSSR count). The maximum Gasteiger partial charge on any atom is 0.335 e. The number of carboxylic acids is 1. The predicted octanol–water partition coefficient (Wildman–Crippen LogP) is 3.29. The maximum absolute atomic E-state index is 13.1. The van der Waals surface area contributed by atoms with E-state index in [0.29, 0.717) is 11.7 Å². The molecule has 0 aliphatic heterocycles. The molecule has 160 valence electrons. The van der Waals surface area contributed by atoms with Crippen molar-refractivity contribution in [2.45, 2.75) is 16.3 Å². The van der Waals surface area contributed by atoms with Gasteiger partial charge in [0.2, 0.25) is 9.84 Å². The van der Waals surface area contributed by atoms with Gasteiger partial charge in [-0.2, -0.15) is 0 Å². The van der Waals surface area contributed by atoms with Gasteiger partial charge in [0.25, 0.3) is 0 Å². The van der Waals surface area contributed by atoms with Crippen LogP contribution < -0.4 is 5.73 Å². The number of rotatable bonds is 4. The summed E-state index contributed by atoms with van der Waals surface area (Å²) in [4.78, 5) is 14.0. The number of carboxylic acid groups (broad SMARTS) is 1. The number of halogens is 2. The molecule has 4 aromatic rings. The fourth-order valence-electron chi connectivity index (χ4n) is 2.67. The van der Waals surface area contributed by atoms with E-state index in [9.17, 15) is 22.0 Å². The highest BCUT2D eigenvalue weighted by molar-refractivity contribution is 7.91. The summed E-state index contributed by atoms with van der Waals surface area (Å²) in [6.07, 6.45) is 5.06. The van der Waals surface area contributed by atoms with E-state index in [2.05, 4.69) is 4.98 Å². The normalized spacial score (nSPS) is 11.1. The van der Waals surface area contributed by atoms with Gasteiger partial charge in [-0.25, -0.2) is 27.0 Å². The number of pyridine rings is 1. The molecular formula is C21H17F2N3O4S. The smallest absolute Gasteiger partial charge is 0.335 e. The minimum Gasteiger partial charge on any atom is -0.478 e. The van der Waals surface area contributed by atoms with Crippen LogP contribution in [0.15, 0.2) is 83.0 Å². The van der Waals surface area contributed by atoms with Gasteiger partial charge in [0.05, 0.1) is 15.4 Å². The lowest BCUT2D eigenvalue weighted by Crippen LogP contribution is -2.04. The molecule has 0 spiro atoms. The summed E-state index contributed by atoms with van der Waals surface area (Å²) in [7, 11) is -3.93. The lowest BCUT2D eigenvalue weighted by atomic mass is 10.2. The van der Waals surface area contributed by atoms with Crippen molar-refractivity contribution in [1.29, 1.82) is 0 Å². The Morgan fingerprint density at radius 1 is 0.968 bits per heavy atom. The van der Waals surface area contributed by atoms with Crippen molar-refractivity contribution in [3.63, 3.8) is 0 Å². The summed E-state index contributed by atoms with van der Waals surface area (Å²) in [6, 6.07) is 11.1. The van der Waals surface area contributed by atoms with E-state index < -0.39 is 32.3 Å². The summed E-state index contributed by atoms with van der Waals surface area (Å²) >= 11 is 0. The quantitative estimate of drug-likeness (QED) is 0.498. The number of aromatic carboxylic acids is 1. The first-order valence-corrected chi connectivity index (χ1v) is 10.4. The lowest BCUT2D eigenvalue weighted by Gasteiger charge is -2.06. The minimum atomic E-state index is -3.93. The highest BCUT2D eigenvalue weighted by Crippen LogP contribution is 2.22. The standard InChI is InChI=1S/C13H11F2NO2S.C8H6N2O2/c14-10-5-11(15)7-13(6-10)19(17,18)12-3-1-9(8-16)2-4-12;11-8(12)6-1-3-10-4-2-9-7(10)5-6/h1-7H,8,16H2;1-5H,(H,11,12). The first kappa shape index (κ1) is 22.1. The van der Waals surface area contributed by atoms with Crippen molar-refractivity contribution in [1.82, 2.24) is 9.38 Å². The number of imidazole rings is 1. The van der Waals surface area contributed by atoms with Gasteiger partial charge in [-0.05, 0) is 42.0 Å². The van der Waals surface area contributed by atoms with Gasteiger partial charge in [0.1, 0.15) is 17.3 Å². The van der Waals surface area contributed by atoms with Crippen molar-refractivity contribution in [3.05, 3.63) is 95.9 Å².